The molecule has 0 spiro atoms. The molecular weight excluding hydrogens is 240 g/mol. The van der Waals surface area contributed by atoms with Gasteiger partial charge in [-0.2, -0.15) is 0 Å². The van der Waals surface area contributed by atoms with Crippen LogP contribution in [0.15, 0.2) is 0 Å². The van der Waals surface area contributed by atoms with Crippen molar-refractivity contribution in [3.63, 3.8) is 0 Å². The summed E-state index contributed by atoms with van der Waals surface area (Å²) in [5.41, 5.74) is 0. The van der Waals surface area contributed by atoms with Crippen LogP contribution in [0.3, 0.4) is 0 Å². The number of amides is 1. The highest BCUT2D eigenvalue weighted by Crippen LogP contribution is 2.28. The fourth-order valence-corrected chi connectivity index (χ4v) is 2.50. The molecule has 1 saturated carbocycles. The van der Waals surface area contributed by atoms with Crippen molar-refractivity contribution in [3.8, 4) is 0 Å². The number of carbonyl (C=O) groups is 1. The predicted octanol–water partition coefficient (Wildman–Crippen LogP) is 1.84. The van der Waals surface area contributed by atoms with Gasteiger partial charge in [-0.25, -0.2) is 0 Å². The van der Waals surface area contributed by atoms with Crippen LogP contribution in [0.1, 0.15) is 51.4 Å². The normalized spacial score (nSPS) is 23.3. The molecule has 2 N–H and O–H groups in total. The molecule has 19 heavy (non-hydrogen) atoms. The average Bonchev–Trinajstić information content (AvgIpc) is 3.26. The van der Waals surface area contributed by atoms with Crippen LogP contribution in [0, 0.1) is 5.92 Å². The van der Waals surface area contributed by atoms with Gasteiger partial charge in [-0.05, 0) is 51.0 Å². The third-order valence-corrected chi connectivity index (χ3v) is 3.97. The number of ether oxygens (including phenoxy) is 1. The van der Waals surface area contributed by atoms with Crippen molar-refractivity contribution in [1.82, 2.24) is 10.6 Å². The van der Waals surface area contributed by atoms with Gasteiger partial charge < -0.3 is 15.4 Å². The van der Waals surface area contributed by atoms with Crippen LogP contribution >= 0.6 is 0 Å². The lowest BCUT2D eigenvalue weighted by molar-refractivity contribution is -0.121. The summed E-state index contributed by atoms with van der Waals surface area (Å²) in [5, 5.41) is 6.45. The minimum Gasteiger partial charge on any atom is -0.381 e. The number of carbonyl (C=O) groups excluding carboxylic acids is 1. The standard InChI is InChI=1S/C15H28N2O2/c18-15(8-7-14-4-1-2-9-16-14)17-10-3-11-19-12-13-5-6-13/h13-14,16H,1-12H2,(H,17,18). The van der Waals surface area contributed by atoms with Crippen LogP contribution in [0.25, 0.3) is 0 Å². The molecule has 4 heteroatoms. The van der Waals surface area contributed by atoms with Crippen molar-refractivity contribution in [3.05, 3.63) is 0 Å². The molecule has 0 aromatic rings. The van der Waals surface area contributed by atoms with Gasteiger partial charge in [0.1, 0.15) is 0 Å². The Bertz CT molecular complexity index is 261. The Hall–Kier alpha value is -0.610. The van der Waals surface area contributed by atoms with E-state index in [1.807, 2.05) is 0 Å². The van der Waals surface area contributed by atoms with Crippen molar-refractivity contribution in [1.29, 1.82) is 0 Å². The van der Waals surface area contributed by atoms with Crippen LogP contribution < -0.4 is 10.6 Å². The van der Waals surface area contributed by atoms with Crippen molar-refractivity contribution in [2.75, 3.05) is 26.3 Å². The third-order valence-electron chi connectivity index (χ3n) is 3.97. The number of hydrogen-bond donors (Lipinski definition) is 2. The Labute approximate surface area is 116 Å². The average molecular weight is 268 g/mol. The first-order valence-corrected chi connectivity index (χ1v) is 7.92. The Morgan fingerprint density at radius 2 is 2.16 bits per heavy atom. The first-order chi connectivity index (χ1) is 9.34. The van der Waals surface area contributed by atoms with Crippen molar-refractivity contribution >= 4 is 5.91 Å². The summed E-state index contributed by atoms with van der Waals surface area (Å²) in [6.45, 7) is 3.56. The number of nitrogens with one attached hydrogen (secondary N) is 2. The fraction of sp³-hybridized carbons (Fsp3) is 0.933. The maximum atomic E-state index is 11.7. The molecule has 2 fully saturated rings. The molecule has 2 aliphatic rings. The Morgan fingerprint density at radius 3 is 2.89 bits per heavy atom. The summed E-state index contributed by atoms with van der Waals surface area (Å²) >= 11 is 0. The van der Waals surface area contributed by atoms with E-state index in [1.165, 1.54) is 32.1 Å². The highest BCUT2D eigenvalue weighted by molar-refractivity contribution is 5.75. The van der Waals surface area contributed by atoms with Crippen LogP contribution in [0.5, 0.6) is 0 Å². The van der Waals surface area contributed by atoms with Gasteiger partial charge in [0.2, 0.25) is 5.91 Å². The molecule has 1 heterocycles. The molecule has 1 unspecified atom stereocenters. The molecule has 1 atom stereocenters. The van der Waals surface area contributed by atoms with E-state index in [9.17, 15) is 4.79 Å². The summed E-state index contributed by atoms with van der Waals surface area (Å²) in [6.07, 6.45) is 9.05. The monoisotopic (exact) mass is 268 g/mol. The number of hydrogen-bond acceptors (Lipinski definition) is 3. The number of piperidine rings is 1. The van der Waals surface area contributed by atoms with E-state index in [-0.39, 0.29) is 5.91 Å². The van der Waals surface area contributed by atoms with Gasteiger partial charge >= 0.3 is 0 Å². The van der Waals surface area contributed by atoms with Crippen molar-refractivity contribution in [2.45, 2.75) is 57.4 Å². The fourth-order valence-electron chi connectivity index (χ4n) is 2.50. The van der Waals surface area contributed by atoms with Crippen LogP contribution in [-0.2, 0) is 9.53 Å². The zero-order valence-electron chi connectivity index (χ0n) is 12.0. The molecule has 1 saturated heterocycles. The van der Waals surface area contributed by atoms with E-state index < -0.39 is 0 Å². The lowest BCUT2D eigenvalue weighted by Crippen LogP contribution is -2.35. The summed E-state index contributed by atoms with van der Waals surface area (Å²) in [7, 11) is 0. The topological polar surface area (TPSA) is 50.4 Å². The zero-order chi connectivity index (χ0) is 13.3. The molecule has 0 aromatic carbocycles. The molecule has 110 valence electrons. The largest absolute Gasteiger partial charge is 0.381 e. The first kappa shape index (κ1) is 14.8. The lowest BCUT2D eigenvalue weighted by Gasteiger charge is -2.23. The molecular formula is C15H28N2O2. The smallest absolute Gasteiger partial charge is 0.220 e. The predicted molar refractivity (Wildman–Crippen MR) is 76.0 cm³/mol. The summed E-state index contributed by atoms with van der Waals surface area (Å²) < 4.78 is 5.53. The van der Waals surface area contributed by atoms with Crippen molar-refractivity contribution in [2.24, 2.45) is 5.92 Å². The number of rotatable bonds is 9. The minimum atomic E-state index is 0.189. The maximum absolute atomic E-state index is 11.7. The van der Waals surface area contributed by atoms with Gasteiger partial charge in [0.05, 0.1) is 0 Å². The molecule has 4 nitrogen and oxygen atoms in total. The summed E-state index contributed by atoms with van der Waals surface area (Å²) in [5.74, 6) is 1.02. The summed E-state index contributed by atoms with van der Waals surface area (Å²) in [4.78, 5) is 11.7. The molecule has 1 aliphatic carbocycles. The van der Waals surface area contributed by atoms with Gasteiger partial charge in [-0.15, -0.1) is 0 Å². The van der Waals surface area contributed by atoms with Crippen molar-refractivity contribution < 1.29 is 9.53 Å². The third kappa shape index (κ3) is 6.92. The van der Waals surface area contributed by atoms with E-state index in [4.69, 9.17) is 4.74 Å². The highest BCUT2D eigenvalue weighted by atomic mass is 16.5. The van der Waals surface area contributed by atoms with E-state index >= 15 is 0 Å². The second kappa shape index (κ2) is 8.54. The molecule has 0 aromatic heterocycles. The van der Waals surface area contributed by atoms with E-state index in [2.05, 4.69) is 10.6 Å². The zero-order valence-corrected chi connectivity index (χ0v) is 12.0. The highest BCUT2D eigenvalue weighted by Gasteiger charge is 2.20. The Kier molecular flexibility index (Phi) is 6.65. The van der Waals surface area contributed by atoms with Crippen LogP contribution in [0.2, 0.25) is 0 Å². The van der Waals surface area contributed by atoms with Gasteiger partial charge in [0.15, 0.2) is 0 Å². The Morgan fingerprint density at radius 1 is 1.26 bits per heavy atom. The molecule has 2 rings (SSSR count). The van der Waals surface area contributed by atoms with Crippen LogP contribution in [-0.4, -0.2) is 38.3 Å². The van der Waals surface area contributed by atoms with Gasteiger partial charge in [0.25, 0.3) is 0 Å². The molecule has 1 aliphatic heterocycles. The Balaban J connectivity index is 1.38. The van der Waals surface area contributed by atoms with E-state index in [1.54, 1.807) is 0 Å². The van der Waals surface area contributed by atoms with Gasteiger partial charge in [0, 0.05) is 32.2 Å². The lowest BCUT2D eigenvalue weighted by atomic mass is 10.0. The summed E-state index contributed by atoms with van der Waals surface area (Å²) in [6, 6.07) is 0.557. The van der Waals surface area contributed by atoms with Gasteiger partial charge in [-0.3, -0.25) is 4.79 Å². The SMILES string of the molecule is O=C(CCC1CCCCN1)NCCCOCC1CC1. The first-order valence-electron chi connectivity index (χ1n) is 7.92. The maximum Gasteiger partial charge on any atom is 0.220 e. The quantitative estimate of drug-likeness (QED) is 0.627. The van der Waals surface area contributed by atoms with E-state index in [0.717, 1.165) is 45.1 Å². The van der Waals surface area contributed by atoms with Gasteiger partial charge in [-0.1, -0.05) is 6.42 Å². The second-order valence-electron chi connectivity index (χ2n) is 5.91. The molecule has 1 amide bonds. The molecule has 0 radical (unpaired) electrons. The van der Waals surface area contributed by atoms with Crippen LogP contribution in [0.4, 0.5) is 0 Å². The molecule has 0 bridgehead atoms. The minimum absolute atomic E-state index is 0.189. The second-order valence-corrected chi connectivity index (χ2v) is 5.91. The van der Waals surface area contributed by atoms with E-state index in [0.29, 0.717) is 12.5 Å².